The Labute approximate surface area is 210 Å². The van der Waals surface area contributed by atoms with Crippen LogP contribution in [-0.2, 0) is 14.3 Å². The zero-order valence-electron chi connectivity index (χ0n) is 20.5. The van der Waals surface area contributed by atoms with Crippen LogP contribution in [0, 0.1) is 6.92 Å². The number of thiophene rings is 1. The summed E-state index contributed by atoms with van der Waals surface area (Å²) >= 11 is 1.48. The third-order valence-electron chi connectivity index (χ3n) is 6.53. The molecule has 2 fully saturated rings. The Morgan fingerprint density at radius 2 is 1.97 bits per heavy atom. The van der Waals surface area contributed by atoms with Gasteiger partial charge in [0.1, 0.15) is 11.5 Å². The minimum absolute atomic E-state index is 0.138. The molecule has 1 aromatic heterocycles. The van der Waals surface area contributed by atoms with Crippen LogP contribution in [0.1, 0.15) is 48.2 Å². The van der Waals surface area contributed by atoms with E-state index in [1.165, 1.54) is 11.3 Å². The van der Waals surface area contributed by atoms with Gasteiger partial charge in [0.15, 0.2) is 0 Å². The fourth-order valence-corrected chi connectivity index (χ4v) is 5.43. The second-order valence-electron chi connectivity index (χ2n) is 9.00. The van der Waals surface area contributed by atoms with Gasteiger partial charge < -0.3 is 19.5 Å². The average Bonchev–Trinajstić information content (AvgIpc) is 3.48. The van der Waals surface area contributed by atoms with Gasteiger partial charge in [0.05, 0.1) is 31.4 Å². The number of Topliss-reactive ketones (excluding diaryl/α,β-unsaturated/α-hetero) is 1. The molecule has 7 nitrogen and oxygen atoms in total. The quantitative estimate of drug-likeness (QED) is 0.227. The highest BCUT2D eigenvalue weighted by Gasteiger charge is 2.46. The lowest BCUT2D eigenvalue weighted by Gasteiger charge is -2.28. The zero-order chi connectivity index (χ0) is 24.8. The number of likely N-dealkylation sites (tertiary alicyclic amines) is 1. The van der Waals surface area contributed by atoms with Gasteiger partial charge in [-0.15, -0.1) is 11.3 Å². The number of benzene rings is 1. The number of aryl methyl sites for hydroxylation is 1. The Hall–Kier alpha value is -2.68. The molecule has 1 atom stereocenters. The second-order valence-corrected chi connectivity index (χ2v) is 9.98. The van der Waals surface area contributed by atoms with Crippen LogP contribution in [0.2, 0.25) is 0 Å². The molecule has 0 spiro atoms. The molecule has 1 aromatic carbocycles. The van der Waals surface area contributed by atoms with Gasteiger partial charge in [-0.2, -0.15) is 0 Å². The molecule has 3 heterocycles. The van der Waals surface area contributed by atoms with Gasteiger partial charge in [0.2, 0.25) is 0 Å². The van der Waals surface area contributed by atoms with E-state index in [9.17, 15) is 14.7 Å². The van der Waals surface area contributed by atoms with E-state index < -0.39 is 17.7 Å². The van der Waals surface area contributed by atoms with Crippen molar-refractivity contribution >= 4 is 28.8 Å². The van der Waals surface area contributed by atoms with Gasteiger partial charge in [0.25, 0.3) is 11.7 Å². The van der Waals surface area contributed by atoms with Gasteiger partial charge in [-0.05, 0) is 55.0 Å². The lowest BCUT2D eigenvalue weighted by molar-refractivity contribution is -0.140. The van der Waals surface area contributed by atoms with Crippen molar-refractivity contribution in [2.24, 2.45) is 0 Å². The number of unbranched alkanes of at least 4 members (excludes halogenated alkanes) is 1. The molecule has 4 rings (SSSR count). The van der Waals surface area contributed by atoms with Crippen LogP contribution < -0.4 is 4.74 Å². The van der Waals surface area contributed by atoms with Crippen molar-refractivity contribution in [1.82, 2.24) is 9.80 Å². The Balaban J connectivity index is 1.59. The second kappa shape index (κ2) is 11.8. The molecule has 35 heavy (non-hydrogen) atoms. The maximum absolute atomic E-state index is 13.2. The number of carbonyl (C=O) groups excluding carboxylic acids is 2. The number of ether oxygens (including phenoxy) is 2. The molecule has 0 bridgehead atoms. The van der Waals surface area contributed by atoms with E-state index in [0.29, 0.717) is 18.7 Å². The Kier molecular flexibility index (Phi) is 8.59. The van der Waals surface area contributed by atoms with Crippen LogP contribution in [-0.4, -0.2) is 72.6 Å². The summed E-state index contributed by atoms with van der Waals surface area (Å²) in [4.78, 5) is 31.1. The molecule has 188 valence electrons. The maximum atomic E-state index is 13.2. The number of hydrogen-bond donors (Lipinski definition) is 1. The molecular formula is C27H34N2O5S. The normalized spacial score (nSPS) is 20.5. The van der Waals surface area contributed by atoms with Crippen molar-refractivity contribution in [3.63, 3.8) is 0 Å². The summed E-state index contributed by atoms with van der Waals surface area (Å²) in [6.07, 6.45) is 2.77. The topological polar surface area (TPSA) is 79.3 Å². The SMILES string of the molecule is CCCCOc1ccc(C(O)=C2C(=O)C(=O)N(CCCN3CCOCC3)C2c2cccs2)cc1C. The van der Waals surface area contributed by atoms with Crippen molar-refractivity contribution < 1.29 is 24.2 Å². The summed E-state index contributed by atoms with van der Waals surface area (Å²) in [5.41, 5.74) is 1.54. The summed E-state index contributed by atoms with van der Waals surface area (Å²) in [5, 5.41) is 13.2. The number of amides is 1. The molecule has 2 aliphatic rings. The minimum atomic E-state index is -0.631. The fourth-order valence-electron chi connectivity index (χ4n) is 4.58. The van der Waals surface area contributed by atoms with E-state index in [0.717, 1.165) is 68.3 Å². The Bertz CT molecular complexity index is 1060. The first-order valence-corrected chi connectivity index (χ1v) is 13.2. The predicted octanol–water partition coefficient (Wildman–Crippen LogP) is 4.38. The summed E-state index contributed by atoms with van der Waals surface area (Å²) in [5.74, 6) is -0.564. The summed E-state index contributed by atoms with van der Waals surface area (Å²) in [7, 11) is 0. The molecule has 1 amide bonds. The highest BCUT2D eigenvalue weighted by atomic mass is 32.1. The maximum Gasteiger partial charge on any atom is 0.295 e. The zero-order valence-corrected chi connectivity index (χ0v) is 21.3. The van der Waals surface area contributed by atoms with E-state index in [1.807, 2.05) is 36.6 Å². The van der Waals surface area contributed by atoms with Crippen LogP contribution >= 0.6 is 11.3 Å². The highest BCUT2D eigenvalue weighted by molar-refractivity contribution is 7.10. The monoisotopic (exact) mass is 498 g/mol. The van der Waals surface area contributed by atoms with Crippen LogP contribution in [0.5, 0.6) is 5.75 Å². The standard InChI is InChI=1S/C27H34N2O5S/c1-3-4-14-34-21-9-8-20(18-19(21)2)25(30)23-24(22-7-5-17-35-22)29(27(32)26(23)31)11-6-10-28-12-15-33-16-13-28/h5,7-9,17-18,24,30H,3-4,6,10-16H2,1-2H3. The van der Waals surface area contributed by atoms with Crippen LogP contribution in [0.25, 0.3) is 5.76 Å². The van der Waals surface area contributed by atoms with E-state index in [1.54, 1.807) is 11.0 Å². The molecular weight excluding hydrogens is 464 g/mol. The largest absolute Gasteiger partial charge is 0.507 e. The van der Waals surface area contributed by atoms with Crippen molar-refractivity contribution in [3.8, 4) is 5.75 Å². The lowest BCUT2D eigenvalue weighted by Crippen LogP contribution is -2.38. The number of hydrogen-bond acceptors (Lipinski definition) is 7. The smallest absolute Gasteiger partial charge is 0.295 e. The first-order valence-electron chi connectivity index (χ1n) is 12.4. The highest BCUT2D eigenvalue weighted by Crippen LogP contribution is 2.41. The molecule has 0 radical (unpaired) electrons. The molecule has 0 saturated carbocycles. The van der Waals surface area contributed by atoms with Gasteiger partial charge in [-0.3, -0.25) is 14.5 Å². The average molecular weight is 499 g/mol. The van der Waals surface area contributed by atoms with Gasteiger partial charge >= 0.3 is 0 Å². The molecule has 2 saturated heterocycles. The molecule has 2 aromatic rings. The van der Waals surface area contributed by atoms with Crippen LogP contribution in [0.4, 0.5) is 0 Å². The van der Waals surface area contributed by atoms with E-state index in [2.05, 4.69) is 11.8 Å². The van der Waals surface area contributed by atoms with Crippen molar-refractivity contribution in [3.05, 3.63) is 57.3 Å². The Morgan fingerprint density at radius 3 is 2.66 bits per heavy atom. The van der Waals surface area contributed by atoms with Crippen LogP contribution in [0.3, 0.4) is 0 Å². The fraction of sp³-hybridized carbons (Fsp3) is 0.481. The molecule has 8 heteroatoms. The number of ketones is 1. The summed E-state index contributed by atoms with van der Waals surface area (Å²) in [6.45, 7) is 9.15. The van der Waals surface area contributed by atoms with Gasteiger partial charge in [-0.25, -0.2) is 0 Å². The number of nitrogens with zero attached hydrogens (tertiary/aromatic N) is 2. The first kappa shape index (κ1) is 25.4. The number of rotatable bonds is 10. The number of carbonyl (C=O) groups is 2. The van der Waals surface area contributed by atoms with Crippen LogP contribution in [0.15, 0.2) is 41.3 Å². The Morgan fingerprint density at radius 1 is 1.17 bits per heavy atom. The van der Waals surface area contributed by atoms with E-state index >= 15 is 0 Å². The van der Waals surface area contributed by atoms with Gasteiger partial charge in [0, 0.05) is 36.6 Å². The molecule has 1 N–H and O–H groups in total. The summed E-state index contributed by atoms with van der Waals surface area (Å²) in [6, 6.07) is 8.62. The molecule has 0 aliphatic carbocycles. The van der Waals surface area contributed by atoms with Crippen molar-refractivity contribution in [2.45, 2.75) is 39.2 Å². The van der Waals surface area contributed by atoms with E-state index in [-0.39, 0.29) is 11.3 Å². The lowest BCUT2D eigenvalue weighted by atomic mass is 9.98. The molecule has 2 aliphatic heterocycles. The number of morpholine rings is 1. The van der Waals surface area contributed by atoms with Crippen molar-refractivity contribution in [1.29, 1.82) is 0 Å². The summed E-state index contributed by atoms with van der Waals surface area (Å²) < 4.78 is 11.2. The minimum Gasteiger partial charge on any atom is -0.507 e. The third-order valence-corrected chi connectivity index (χ3v) is 7.46. The third kappa shape index (κ3) is 5.77. The predicted molar refractivity (Wildman–Crippen MR) is 137 cm³/mol. The number of aliphatic hydroxyl groups excluding tert-OH is 1. The molecule has 1 unspecified atom stereocenters. The number of aliphatic hydroxyl groups is 1. The van der Waals surface area contributed by atoms with Gasteiger partial charge in [-0.1, -0.05) is 19.4 Å². The van der Waals surface area contributed by atoms with E-state index in [4.69, 9.17) is 9.47 Å². The van der Waals surface area contributed by atoms with Crippen molar-refractivity contribution in [2.75, 3.05) is 46.0 Å². The first-order chi connectivity index (χ1) is 17.0.